The van der Waals surface area contributed by atoms with Crippen molar-refractivity contribution < 1.29 is 4.39 Å². The molecule has 0 atom stereocenters. The van der Waals surface area contributed by atoms with Crippen LogP contribution in [0.2, 0.25) is 0 Å². The SMILES string of the molecule is CCCNCc1cnnn1-c1ccc(C)c(F)c1. The summed E-state index contributed by atoms with van der Waals surface area (Å²) in [4.78, 5) is 0. The van der Waals surface area contributed by atoms with Crippen molar-refractivity contribution in [2.24, 2.45) is 0 Å². The Morgan fingerprint density at radius 2 is 2.22 bits per heavy atom. The van der Waals surface area contributed by atoms with Gasteiger partial charge in [0.2, 0.25) is 0 Å². The molecule has 0 unspecified atom stereocenters. The number of halogens is 1. The van der Waals surface area contributed by atoms with Gasteiger partial charge in [-0.25, -0.2) is 9.07 Å². The first kappa shape index (κ1) is 12.7. The Hall–Kier alpha value is -1.75. The number of hydrogen-bond acceptors (Lipinski definition) is 3. The standard InChI is InChI=1S/C13H17FN4/c1-3-6-15-8-12-9-16-17-18(12)11-5-4-10(2)13(14)7-11/h4-5,7,9,15H,3,6,8H2,1-2H3. The number of rotatable bonds is 5. The molecule has 0 amide bonds. The van der Waals surface area contributed by atoms with E-state index in [1.807, 2.05) is 6.07 Å². The summed E-state index contributed by atoms with van der Waals surface area (Å²) >= 11 is 0. The average molecular weight is 248 g/mol. The molecule has 0 bridgehead atoms. The zero-order valence-electron chi connectivity index (χ0n) is 10.7. The first-order valence-electron chi connectivity index (χ1n) is 6.09. The van der Waals surface area contributed by atoms with Gasteiger partial charge in [0, 0.05) is 6.54 Å². The molecule has 96 valence electrons. The molecule has 1 aromatic heterocycles. The number of benzene rings is 1. The fourth-order valence-corrected chi connectivity index (χ4v) is 1.70. The molecule has 0 saturated heterocycles. The molecule has 0 aliphatic heterocycles. The number of hydrogen-bond donors (Lipinski definition) is 1. The number of aryl methyl sites for hydroxylation is 1. The highest BCUT2D eigenvalue weighted by atomic mass is 19.1. The molecule has 0 spiro atoms. The summed E-state index contributed by atoms with van der Waals surface area (Å²) in [5.74, 6) is -0.226. The zero-order valence-corrected chi connectivity index (χ0v) is 10.7. The summed E-state index contributed by atoms with van der Waals surface area (Å²) < 4.78 is 15.2. The molecular formula is C13H17FN4. The predicted molar refractivity (Wildman–Crippen MR) is 68.1 cm³/mol. The highest BCUT2D eigenvalue weighted by Crippen LogP contribution is 2.14. The molecule has 1 heterocycles. The van der Waals surface area contributed by atoms with Crippen LogP contribution in [0.4, 0.5) is 4.39 Å². The molecule has 2 aromatic rings. The summed E-state index contributed by atoms with van der Waals surface area (Å²) in [5.41, 5.74) is 2.25. The van der Waals surface area contributed by atoms with Crippen molar-refractivity contribution in [2.45, 2.75) is 26.8 Å². The van der Waals surface area contributed by atoms with Gasteiger partial charge < -0.3 is 5.32 Å². The predicted octanol–water partition coefficient (Wildman–Crippen LogP) is 2.21. The lowest BCUT2D eigenvalue weighted by molar-refractivity contribution is 0.611. The topological polar surface area (TPSA) is 42.7 Å². The van der Waals surface area contributed by atoms with Crippen LogP contribution in [0.15, 0.2) is 24.4 Å². The maximum atomic E-state index is 13.5. The molecule has 4 nitrogen and oxygen atoms in total. The second-order valence-electron chi connectivity index (χ2n) is 4.25. The Labute approximate surface area is 106 Å². The molecule has 0 aliphatic carbocycles. The first-order valence-corrected chi connectivity index (χ1v) is 6.09. The minimum atomic E-state index is -0.226. The summed E-state index contributed by atoms with van der Waals surface area (Å²) in [7, 11) is 0. The second-order valence-corrected chi connectivity index (χ2v) is 4.25. The van der Waals surface area contributed by atoms with Crippen molar-refractivity contribution >= 4 is 0 Å². The molecule has 18 heavy (non-hydrogen) atoms. The third-order valence-electron chi connectivity index (χ3n) is 2.75. The first-order chi connectivity index (χ1) is 8.72. The van der Waals surface area contributed by atoms with Crippen molar-refractivity contribution in [1.82, 2.24) is 20.3 Å². The van der Waals surface area contributed by atoms with Crippen LogP contribution in [0.1, 0.15) is 24.6 Å². The summed E-state index contributed by atoms with van der Waals surface area (Å²) in [6.45, 7) is 5.46. The third kappa shape index (κ3) is 2.73. The van der Waals surface area contributed by atoms with Gasteiger partial charge in [-0.3, -0.25) is 0 Å². The Morgan fingerprint density at radius 3 is 2.94 bits per heavy atom. The van der Waals surface area contributed by atoms with Crippen LogP contribution < -0.4 is 5.32 Å². The molecule has 0 radical (unpaired) electrons. The minimum absolute atomic E-state index is 0.226. The van der Waals surface area contributed by atoms with E-state index in [0.29, 0.717) is 17.8 Å². The Morgan fingerprint density at radius 1 is 1.39 bits per heavy atom. The highest BCUT2D eigenvalue weighted by molar-refractivity contribution is 5.35. The normalized spacial score (nSPS) is 10.8. The van der Waals surface area contributed by atoms with Crippen LogP contribution in [0.3, 0.4) is 0 Å². The van der Waals surface area contributed by atoms with Crippen molar-refractivity contribution in [2.75, 3.05) is 6.54 Å². The van der Waals surface area contributed by atoms with Gasteiger partial charge in [0.15, 0.2) is 0 Å². The molecule has 2 rings (SSSR count). The molecular weight excluding hydrogens is 231 g/mol. The molecule has 0 aliphatic rings. The van der Waals surface area contributed by atoms with Gasteiger partial charge in [0.1, 0.15) is 5.82 Å². The monoisotopic (exact) mass is 248 g/mol. The van der Waals surface area contributed by atoms with Crippen molar-refractivity contribution in [3.8, 4) is 5.69 Å². The van der Waals surface area contributed by atoms with E-state index in [0.717, 1.165) is 18.7 Å². The molecule has 0 saturated carbocycles. The lowest BCUT2D eigenvalue weighted by Gasteiger charge is -2.07. The van der Waals surface area contributed by atoms with E-state index in [1.165, 1.54) is 6.07 Å². The minimum Gasteiger partial charge on any atom is -0.311 e. The van der Waals surface area contributed by atoms with E-state index >= 15 is 0 Å². The lowest BCUT2D eigenvalue weighted by atomic mass is 10.2. The Bertz CT molecular complexity index is 521. The second kappa shape index (κ2) is 5.73. The van der Waals surface area contributed by atoms with Crippen LogP contribution in [0.5, 0.6) is 0 Å². The smallest absolute Gasteiger partial charge is 0.128 e. The van der Waals surface area contributed by atoms with E-state index < -0.39 is 0 Å². The van der Waals surface area contributed by atoms with E-state index in [9.17, 15) is 4.39 Å². The Kier molecular flexibility index (Phi) is 4.04. The van der Waals surface area contributed by atoms with Gasteiger partial charge in [-0.15, -0.1) is 5.10 Å². The van der Waals surface area contributed by atoms with E-state index in [-0.39, 0.29) is 5.82 Å². The fourth-order valence-electron chi connectivity index (χ4n) is 1.70. The maximum absolute atomic E-state index is 13.5. The average Bonchev–Trinajstić information content (AvgIpc) is 2.81. The maximum Gasteiger partial charge on any atom is 0.128 e. The largest absolute Gasteiger partial charge is 0.311 e. The Balaban J connectivity index is 2.22. The van der Waals surface area contributed by atoms with Gasteiger partial charge in [-0.05, 0) is 37.6 Å². The number of nitrogens with zero attached hydrogens (tertiary/aromatic N) is 3. The van der Waals surface area contributed by atoms with Crippen molar-refractivity contribution in [1.29, 1.82) is 0 Å². The lowest BCUT2D eigenvalue weighted by Crippen LogP contribution is -2.16. The van der Waals surface area contributed by atoms with Crippen molar-refractivity contribution in [3.05, 3.63) is 41.5 Å². The van der Waals surface area contributed by atoms with Crippen LogP contribution in [0, 0.1) is 12.7 Å². The molecule has 5 heteroatoms. The summed E-state index contributed by atoms with van der Waals surface area (Å²) in [5, 5.41) is 11.2. The van der Waals surface area contributed by atoms with E-state index in [1.54, 1.807) is 23.9 Å². The van der Waals surface area contributed by atoms with Gasteiger partial charge in [-0.1, -0.05) is 18.2 Å². The molecule has 1 aromatic carbocycles. The number of nitrogens with one attached hydrogen (secondary N) is 1. The van der Waals surface area contributed by atoms with Gasteiger partial charge in [-0.2, -0.15) is 0 Å². The van der Waals surface area contributed by atoms with Crippen LogP contribution in [-0.2, 0) is 6.54 Å². The number of aromatic nitrogens is 3. The van der Waals surface area contributed by atoms with Crippen molar-refractivity contribution in [3.63, 3.8) is 0 Å². The van der Waals surface area contributed by atoms with Crippen LogP contribution >= 0.6 is 0 Å². The zero-order chi connectivity index (χ0) is 13.0. The highest BCUT2D eigenvalue weighted by Gasteiger charge is 2.07. The third-order valence-corrected chi connectivity index (χ3v) is 2.75. The van der Waals surface area contributed by atoms with Crippen LogP contribution in [0.25, 0.3) is 5.69 Å². The fraction of sp³-hybridized carbons (Fsp3) is 0.385. The summed E-state index contributed by atoms with van der Waals surface area (Å²) in [6, 6.07) is 5.07. The van der Waals surface area contributed by atoms with E-state index in [2.05, 4.69) is 22.6 Å². The molecule has 1 N–H and O–H groups in total. The molecule has 0 fully saturated rings. The van der Waals surface area contributed by atoms with Gasteiger partial charge in [0.05, 0.1) is 17.6 Å². The van der Waals surface area contributed by atoms with Crippen LogP contribution in [-0.4, -0.2) is 21.5 Å². The summed E-state index contributed by atoms with van der Waals surface area (Å²) in [6.07, 6.45) is 2.77. The quantitative estimate of drug-likeness (QED) is 0.825. The van der Waals surface area contributed by atoms with E-state index in [4.69, 9.17) is 0 Å². The van der Waals surface area contributed by atoms with Gasteiger partial charge in [0.25, 0.3) is 0 Å². The van der Waals surface area contributed by atoms with Gasteiger partial charge >= 0.3 is 0 Å².